The molecule has 1 aromatic carbocycles. The van der Waals surface area contributed by atoms with E-state index < -0.39 is 11.4 Å². The number of pyridine rings is 3. The maximum Gasteiger partial charge on any atom is 0.341 e. The van der Waals surface area contributed by atoms with Crippen molar-refractivity contribution < 1.29 is 19.4 Å². The van der Waals surface area contributed by atoms with Gasteiger partial charge in [-0.25, -0.2) is 14.8 Å². The Hall–Kier alpha value is -4.35. The fraction of sp³-hybridized carbons (Fsp3) is 0.375. The van der Waals surface area contributed by atoms with Gasteiger partial charge in [-0.3, -0.25) is 4.79 Å². The lowest BCUT2D eigenvalue weighted by Crippen LogP contribution is -2.57. The summed E-state index contributed by atoms with van der Waals surface area (Å²) in [5.74, 6) is 0.769. The minimum Gasteiger partial charge on any atom is -0.496 e. The van der Waals surface area contributed by atoms with E-state index in [1.54, 1.807) is 36.2 Å². The summed E-state index contributed by atoms with van der Waals surface area (Å²) in [4.78, 5) is 41.0. The molecule has 4 aromatic rings. The lowest BCUT2D eigenvalue weighted by molar-refractivity contribution is 0.0695. The van der Waals surface area contributed by atoms with Gasteiger partial charge in [0.2, 0.25) is 11.3 Å². The summed E-state index contributed by atoms with van der Waals surface area (Å²) < 4.78 is 13.3. The first-order valence-corrected chi connectivity index (χ1v) is 14.9. The molecule has 2 fully saturated rings. The normalized spacial score (nSPS) is 16.9. The third-order valence-corrected chi connectivity index (χ3v) is 8.96. The molecule has 3 aromatic heterocycles. The van der Waals surface area contributed by atoms with Gasteiger partial charge in [0.1, 0.15) is 23.7 Å². The number of likely N-dealkylation sites (N-methyl/N-ethyl adjacent to an activating group) is 1. The predicted octanol–water partition coefficient (Wildman–Crippen LogP) is 4.25. The molecule has 0 aliphatic carbocycles. The first-order valence-electron chi connectivity index (χ1n) is 14.5. The van der Waals surface area contributed by atoms with Gasteiger partial charge < -0.3 is 33.8 Å². The molecule has 0 bridgehead atoms. The number of aromatic nitrogens is 3. The SMILES string of the molecule is COc1ccnc(OC[C@H]2CCCN2c2cc3c(cc2Cl)c(=O)c(C(=O)O)cn3-c2ccc(N3CC(N(C)C)C3)nc2)c1C. The molecular weight excluding hydrogens is 584 g/mol. The minimum absolute atomic E-state index is 0.0132. The molecular formula is C32H35ClN6O5. The van der Waals surface area contributed by atoms with Gasteiger partial charge in [0, 0.05) is 43.5 Å². The van der Waals surface area contributed by atoms with Crippen LogP contribution in [0, 0.1) is 6.92 Å². The number of nitrogens with zero attached hydrogens (tertiary/aromatic N) is 6. The number of carbonyl (C=O) groups is 1. The molecule has 44 heavy (non-hydrogen) atoms. The second-order valence-corrected chi connectivity index (χ2v) is 11.9. The van der Waals surface area contributed by atoms with Crippen LogP contribution < -0.4 is 24.7 Å². The minimum atomic E-state index is -1.30. The van der Waals surface area contributed by atoms with E-state index >= 15 is 0 Å². The number of aromatic carboxylic acids is 1. The van der Waals surface area contributed by atoms with Gasteiger partial charge in [-0.1, -0.05) is 11.6 Å². The molecule has 12 heteroatoms. The van der Waals surface area contributed by atoms with Gasteiger partial charge in [-0.2, -0.15) is 0 Å². The molecule has 5 heterocycles. The number of hydrogen-bond donors (Lipinski definition) is 1. The van der Waals surface area contributed by atoms with Crippen LogP contribution in [-0.4, -0.2) is 90.0 Å². The Morgan fingerprint density at radius 1 is 1.18 bits per heavy atom. The second kappa shape index (κ2) is 12.0. The molecule has 1 atom stereocenters. The van der Waals surface area contributed by atoms with Gasteiger partial charge in [0.25, 0.3) is 0 Å². The van der Waals surface area contributed by atoms with E-state index in [0.717, 1.165) is 49.5 Å². The lowest BCUT2D eigenvalue weighted by Gasteiger charge is -2.43. The van der Waals surface area contributed by atoms with Crippen molar-refractivity contribution in [2.45, 2.75) is 31.8 Å². The summed E-state index contributed by atoms with van der Waals surface area (Å²) in [5, 5.41) is 10.4. The highest BCUT2D eigenvalue weighted by Gasteiger charge is 2.30. The zero-order valence-electron chi connectivity index (χ0n) is 25.2. The van der Waals surface area contributed by atoms with Crippen LogP contribution in [0.25, 0.3) is 16.6 Å². The molecule has 2 aliphatic rings. The molecule has 0 amide bonds. The number of halogens is 1. The van der Waals surface area contributed by atoms with Gasteiger partial charge in [0.15, 0.2) is 0 Å². The summed E-state index contributed by atoms with van der Waals surface area (Å²) >= 11 is 6.82. The average Bonchev–Trinajstić information content (AvgIpc) is 3.44. The fourth-order valence-electron chi connectivity index (χ4n) is 5.96. The maximum atomic E-state index is 13.3. The van der Waals surface area contributed by atoms with Crippen LogP contribution in [-0.2, 0) is 0 Å². The Morgan fingerprint density at radius 2 is 1.98 bits per heavy atom. The number of anilines is 2. The van der Waals surface area contributed by atoms with Gasteiger partial charge in [0.05, 0.1) is 46.8 Å². The Morgan fingerprint density at radius 3 is 2.66 bits per heavy atom. The van der Waals surface area contributed by atoms with Crippen molar-refractivity contribution in [1.29, 1.82) is 0 Å². The zero-order chi connectivity index (χ0) is 31.1. The summed E-state index contributed by atoms with van der Waals surface area (Å²) in [5.41, 5.74) is 1.83. The third kappa shape index (κ3) is 5.41. The van der Waals surface area contributed by atoms with E-state index in [4.69, 9.17) is 21.1 Å². The van der Waals surface area contributed by atoms with E-state index in [1.807, 2.05) is 25.1 Å². The quantitative estimate of drug-likeness (QED) is 0.292. The number of carboxylic acid groups (broad SMARTS) is 1. The monoisotopic (exact) mass is 618 g/mol. The molecule has 2 aliphatic heterocycles. The smallest absolute Gasteiger partial charge is 0.341 e. The molecule has 230 valence electrons. The van der Waals surface area contributed by atoms with Crippen molar-refractivity contribution in [3.63, 3.8) is 0 Å². The zero-order valence-corrected chi connectivity index (χ0v) is 25.9. The summed E-state index contributed by atoms with van der Waals surface area (Å²) in [7, 11) is 5.75. The number of rotatable bonds is 9. The molecule has 1 N–H and O–H groups in total. The highest BCUT2D eigenvalue weighted by molar-refractivity contribution is 6.34. The summed E-state index contributed by atoms with van der Waals surface area (Å²) in [6.07, 6.45) is 6.56. The lowest BCUT2D eigenvalue weighted by atomic mass is 10.1. The highest BCUT2D eigenvalue weighted by atomic mass is 35.5. The van der Waals surface area contributed by atoms with E-state index in [0.29, 0.717) is 40.5 Å². The van der Waals surface area contributed by atoms with E-state index in [2.05, 4.69) is 38.8 Å². The molecule has 0 spiro atoms. The van der Waals surface area contributed by atoms with Crippen LogP contribution in [0.15, 0.2) is 53.7 Å². The summed E-state index contributed by atoms with van der Waals surface area (Å²) in [6.45, 7) is 4.82. The van der Waals surface area contributed by atoms with Crippen molar-refractivity contribution in [2.24, 2.45) is 0 Å². The van der Waals surface area contributed by atoms with Crippen LogP contribution >= 0.6 is 11.6 Å². The van der Waals surface area contributed by atoms with Crippen molar-refractivity contribution >= 4 is 40.0 Å². The topological polar surface area (TPSA) is 113 Å². The molecule has 2 saturated heterocycles. The van der Waals surface area contributed by atoms with Crippen molar-refractivity contribution in [2.75, 3.05) is 57.2 Å². The third-order valence-electron chi connectivity index (χ3n) is 8.66. The molecule has 0 unspecified atom stereocenters. The largest absolute Gasteiger partial charge is 0.496 e. The van der Waals surface area contributed by atoms with Crippen molar-refractivity contribution in [3.8, 4) is 17.3 Å². The number of fused-ring (bicyclic) bond motifs is 1. The van der Waals surface area contributed by atoms with Gasteiger partial charge in [-0.05, 0) is 64.2 Å². The Kier molecular flexibility index (Phi) is 8.08. The number of methoxy groups -OCH3 is 1. The van der Waals surface area contributed by atoms with Crippen LogP contribution in [0.3, 0.4) is 0 Å². The Labute approximate surface area is 260 Å². The van der Waals surface area contributed by atoms with Gasteiger partial charge >= 0.3 is 5.97 Å². The van der Waals surface area contributed by atoms with Crippen LogP contribution in [0.4, 0.5) is 11.5 Å². The first kappa shape index (κ1) is 29.7. The molecule has 0 radical (unpaired) electrons. The van der Waals surface area contributed by atoms with E-state index in [1.165, 1.54) is 6.20 Å². The Bertz CT molecular complexity index is 1770. The van der Waals surface area contributed by atoms with Crippen LogP contribution in [0.1, 0.15) is 28.8 Å². The van der Waals surface area contributed by atoms with Gasteiger partial charge in [-0.15, -0.1) is 0 Å². The average molecular weight is 619 g/mol. The number of carboxylic acids is 1. The predicted molar refractivity (Wildman–Crippen MR) is 170 cm³/mol. The Balaban J connectivity index is 1.35. The number of benzene rings is 1. The number of hydrogen-bond acceptors (Lipinski definition) is 9. The second-order valence-electron chi connectivity index (χ2n) is 11.5. The summed E-state index contributed by atoms with van der Waals surface area (Å²) in [6, 6.07) is 9.54. The fourth-order valence-corrected chi connectivity index (χ4v) is 6.24. The van der Waals surface area contributed by atoms with E-state index in [9.17, 15) is 14.7 Å². The first-order chi connectivity index (χ1) is 21.2. The molecule has 6 rings (SSSR count). The van der Waals surface area contributed by atoms with E-state index in [-0.39, 0.29) is 17.0 Å². The van der Waals surface area contributed by atoms with Crippen LogP contribution in [0.2, 0.25) is 5.02 Å². The molecule has 0 saturated carbocycles. The van der Waals surface area contributed by atoms with Crippen LogP contribution in [0.5, 0.6) is 11.6 Å². The van der Waals surface area contributed by atoms with Crippen molar-refractivity contribution in [3.05, 3.63) is 75.3 Å². The van der Waals surface area contributed by atoms with Crippen molar-refractivity contribution in [1.82, 2.24) is 19.4 Å². The standard InChI is InChI=1S/C32H35ClN6O5/c1-19-28(43-4)9-10-34-31(19)44-18-21-6-5-11-38(21)27-13-26-23(12-25(27)33)30(40)24(32(41)42)17-39(26)20-7-8-29(35-14-20)37-15-22(16-37)36(2)3/h7-10,12-14,17,21-22H,5-6,11,15-16,18H2,1-4H3,(H,41,42)/t21-/m1/s1. The highest BCUT2D eigenvalue weighted by Crippen LogP contribution is 2.36. The maximum absolute atomic E-state index is 13.3. The number of ether oxygens (including phenoxy) is 2. The molecule has 11 nitrogen and oxygen atoms in total.